The standard InChI is InChI=1S/C14H12F4N2/c1-20(13-5-3-2-4-11(13)15)12-7-6-9(19)8-10(12)14(16,17)18/h2-8H,19H2,1H3. The molecular formula is C14H12F4N2. The zero-order valence-electron chi connectivity index (χ0n) is 10.6. The van der Waals surface area contributed by atoms with E-state index in [1.807, 2.05) is 0 Å². The van der Waals surface area contributed by atoms with Gasteiger partial charge in [0, 0.05) is 12.7 Å². The lowest BCUT2D eigenvalue weighted by atomic mass is 10.1. The van der Waals surface area contributed by atoms with Crippen molar-refractivity contribution in [2.24, 2.45) is 0 Å². The smallest absolute Gasteiger partial charge is 0.399 e. The van der Waals surface area contributed by atoms with Gasteiger partial charge in [-0.2, -0.15) is 13.2 Å². The molecular weight excluding hydrogens is 272 g/mol. The summed E-state index contributed by atoms with van der Waals surface area (Å²) in [6, 6.07) is 9.04. The summed E-state index contributed by atoms with van der Waals surface area (Å²) in [5, 5.41) is 0. The third-order valence-corrected chi connectivity index (χ3v) is 2.90. The van der Waals surface area contributed by atoms with Crippen molar-refractivity contribution in [3.05, 3.63) is 53.8 Å². The van der Waals surface area contributed by atoms with E-state index >= 15 is 0 Å². The van der Waals surface area contributed by atoms with Crippen LogP contribution < -0.4 is 10.6 Å². The molecule has 0 spiro atoms. The topological polar surface area (TPSA) is 29.3 Å². The maximum Gasteiger partial charge on any atom is 0.418 e. The molecule has 2 aromatic carbocycles. The number of nitrogen functional groups attached to an aromatic ring is 1. The van der Waals surface area contributed by atoms with Gasteiger partial charge in [-0.25, -0.2) is 4.39 Å². The highest BCUT2D eigenvalue weighted by Crippen LogP contribution is 2.39. The molecule has 0 aromatic heterocycles. The first-order valence-corrected chi connectivity index (χ1v) is 5.75. The highest BCUT2D eigenvalue weighted by Gasteiger charge is 2.35. The van der Waals surface area contributed by atoms with E-state index in [-0.39, 0.29) is 17.1 Å². The Kier molecular flexibility index (Phi) is 3.57. The maximum atomic E-state index is 13.7. The van der Waals surface area contributed by atoms with Crippen LogP contribution in [0.4, 0.5) is 34.6 Å². The molecule has 6 heteroatoms. The van der Waals surface area contributed by atoms with Gasteiger partial charge in [-0.15, -0.1) is 0 Å². The van der Waals surface area contributed by atoms with Gasteiger partial charge in [0.2, 0.25) is 0 Å². The molecule has 0 radical (unpaired) electrons. The van der Waals surface area contributed by atoms with Crippen molar-refractivity contribution in [1.29, 1.82) is 0 Å². The number of rotatable bonds is 2. The summed E-state index contributed by atoms with van der Waals surface area (Å²) in [6.07, 6.45) is -4.57. The van der Waals surface area contributed by atoms with E-state index in [0.29, 0.717) is 0 Å². The van der Waals surface area contributed by atoms with Crippen LogP contribution in [0.5, 0.6) is 0 Å². The Morgan fingerprint density at radius 1 is 1.00 bits per heavy atom. The fraction of sp³-hybridized carbons (Fsp3) is 0.143. The summed E-state index contributed by atoms with van der Waals surface area (Å²) in [4.78, 5) is 1.15. The number of hydrogen-bond acceptors (Lipinski definition) is 2. The van der Waals surface area contributed by atoms with Gasteiger partial charge in [0.1, 0.15) is 5.82 Å². The fourth-order valence-corrected chi connectivity index (χ4v) is 1.93. The van der Waals surface area contributed by atoms with Crippen LogP contribution in [0.15, 0.2) is 42.5 Å². The van der Waals surface area contributed by atoms with E-state index in [2.05, 4.69) is 0 Å². The summed E-state index contributed by atoms with van der Waals surface area (Å²) in [6.45, 7) is 0. The van der Waals surface area contributed by atoms with Crippen LogP contribution in [-0.2, 0) is 6.18 Å². The molecule has 0 heterocycles. The molecule has 0 aliphatic carbocycles. The van der Waals surface area contributed by atoms with Crippen molar-refractivity contribution in [1.82, 2.24) is 0 Å². The Labute approximate surface area is 113 Å². The molecule has 2 nitrogen and oxygen atoms in total. The van der Waals surface area contributed by atoms with Crippen molar-refractivity contribution in [3.8, 4) is 0 Å². The number of anilines is 3. The SMILES string of the molecule is CN(c1ccccc1F)c1ccc(N)cc1C(F)(F)F. The molecule has 2 rings (SSSR count). The molecule has 2 N–H and O–H groups in total. The summed E-state index contributed by atoms with van der Waals surface area (Å²) >= 11 is 0. The predicted molar refractivity (Wildman–Crippen MR) is 70.3 cm³/mol. The molecule has 0 aliphatic heterocycles. The van der Waals surface area contributed by atoms with Crippen LogP contribution >= 0.6 is 0 Å². The number of nitrogens with zero attached hydrogens (tertiary/aromatic N) is 1. The molecule has 0 saturated heterocycles. The first kappa shape index (κ1) is 14.2. The average Bonchev–Trinajstić information content (AvgIpc) is 2.37. The van der Waals surface area contributed by atoms with Gasteiger partial charge in [-0.1, -0.05) is 12.1 Å². The largest absolute Gasteiger partial charge is 0.418 e. The van der Waals surface area contributed by atoms with Gasteiger partial charge < -0.3 is 10.6 Å². The molecule has 106 valence electrons. The average molecular weight is 284 g/mol. The number of para-hydroxylation sites is 1. The zero-order valence-corrected chi connectivity index (χ0v) is 10.6. The van der Waals surface area contributed by atoms with E-state index in [4.69, 9.17) is 5.73 Å². The second-order valence-electron chi connectivity index (χ2n) is 4.28. The molecule has 0 unspecified atom stereocenters. The quantitative estimate of drug-likeness (QED) is 0.661. The Morgan fingerprint density at radius 3 is 2.25 bits per heavy atom. The van der Waals surface area contributed by atoms with Crippen LogP contribution in [0, 0.1) is 5.82 Å². The van der Waals surface area contributed by atoms with Crippen LogP contribution in [-0.4, -0.2) is 7.05 Å². The van der Waals surface area contributed by atoms with E-state index in [1.165, 1.54) is 37.4 Å². The van der Waals surface area contributed by atoms with Crippen molar-refractivity contribution in [2.75, 3.05) is 17.7 Å². The molecule has 0 amide bonds. The predicted octanol–water partition coefficient (Wildman–Crippen LogP) is 4.19. The van der Waals surface area contributed by atoms with Crippen molar-refractivity contribution < 1.29 is 17.6 Å². The van der Waals surface area contributed by atoms with Crippen LogP contribution in [0.3, 0.4) is 0 Å². The third kappa shape index (κ3) is 2.68. The normalized spacial score (nSPS) is 11.4. The van der Waals surface area contributed by atoms with Crippen molar-refractivity contribution in [3.63, 3.8) is 0 Å². The second-order valence-corrected chi connectivity index (χ2v) is 4.28. The zero-order chi connectivity index (χ0) is 14.9. The minimum Gasteiger partial charge on any atom is -0.399 e. The Balaban J connectivity index is 2.56. The van der Waals surface area contributed by atoms with Crippen molar-refractivity contribution >= 4 is 17.1 Å². The Hall–Kier alpha value is -2.24. The number of hydrogen-bond donors (Lipinski definition) is 1. The van der Waals surface area contributed by atoms with Gasteiger partial charge >= 0.3 is 6.18 Å². The molecule has 20 heavy (non-hydrogen) atoms. The van der Waals surface area contributed by atoms with Gasteiger partial charge in [-0.05, 0) is 30.3 Å². The lowest BCUT2D eigenvalue weighted by Gasteiger charge is -2.24. The van der Waals surface area contributed by atoms with Crippen LogP contribution in [0.1, 0.15) is 5.56 Å². The van der Waals surface area contributed by atoms with E-state index in [1.54, 1.807) is 6.07 Å². The van der Waals surface area contributed by atoms with Gasteiger partial charge in [-0.3, -0.25) is 0 Å². The maximum absolute atomic E-state index is 13.7. The minimum atomic E-state index is -4.57. The highest BCUT2D eigenvalue weighted by molar-refractivity contribution is 5.69. The highest BCUT2D eigenvalue weighted by atomic mass is 19.4. The molecule has 0 aliphatic rings. The molecule has 0 saturated carbocycles. The van der Waals surface area contributed by atoms with Gasteiger partial charge in [0.25, 0.3) is 0 Å². The fourth-order valence-electron chi connectivity index (χ4n) is 1.93. The molecule has 0 atom stereocenters. The Bertz CT molecular complexity index is 623. The lowest BCUT2D eigenvalue weighted by molar-refractivity contribution is -0.137. The van der Waals surface area contributed by atoms with E-state index in [9.17, 15) is 17.6 Å². The van der Waals surface area contributed by atoms with Gasteiger partial charge in [0.05, 0.1) is 16.9 Å². The first-order valence-electron chi connectivity index (χ1n) is 5.75. The lowest BCUT2D eigenvalue weighted by Crippen LogP contribution is -2.17. The second kappa shape index (κ2) is 5.03. The first-order chi connectivity index (χ1) is 9.30. The monoisotopic (exact) mass is 284 g/mol. The summed E-state index contributed by atoms with van der Waals surface area (Å²) in [5.74, 6) is -0.597. The third-order valence-electron chi connectivity index (χ3n) is 2.90. The van der Waals surface area contributed by atoms with Crippen LogP contribution in [0.25, 0.3) is 0 Å². The number of nitrogens with two attached hydrogens (primary N) is 1. The Morgan fingerprint density at radius 2 is 1.65 bits per heavy atom. The molecule has 0 fully saturated rings. The van der Waals surface area contributed by atoms with E-state index < -0.39 is 17.6 Å². The summed E-state index contributed by atoms with van der Waals surface area (Å²) in [7, 11) is 1.37. The number of benzene rings is 2. The molecule has 2 aromatic rings. The summed E-state index contributed by atoms with van der Waals surface area (Å²) < 4.78 is 52.8. The minimum absolute atomic E-state index is 0.00279. The summed E-state index contributed by atoms with van der Waals surface area (Å²) in [5.41, 5.74) is 4.41. The van der Waals surface area contributed by atoms with Crippen molar-refractivity contribution in [2.45, 2.75) is 6.18 Å². The number of alkyl halides is 3. The van der Waals surface area contributed by atoms with Crippen LogP contribution in [0.2, 0.25) is 0 Å². The van der Waals surface area contributed by atoms with Gasteiger partial charge in [0.15, 0.2) is 0 Å². The molecule has 0 bridgehead atoms. The number of halogens is 4. The van der Waals surface area contributed by atoms with E-state index in [0.717, 1.165) is 11.0 Å².